The lowest BCUT2D eigenvalue weighted by Gasteiger charge is -2.17. The number of nitrogens with one attached hydrogen (secondary N) is 1. The van der Waals surface area contributed by atoms with Gasteiger partial charge in [0.1, 0.15) is 18.2 Å². The van der Waals surface area contributed by atoms with Crippen molar-refractivity contribution in [1.29, 1.82) is 0 Å². The molecule has 2 aromatic carbocycles. The molecule has 4 aromatic rings. The monoisotopic (exact) mass is 566 g/mol. The van der Waals surface area contributed by atoms with Crippen LogP contribution in [0.3, 0.4) is 0 Å². The Morgan fingerprint density at radius 3 is 2.32 bits per heavy atom. The first-order chi connectivity index (χ1) is 19.8. The molecule has 3 N–H and O–H groups in total. The molecule has 0 bridgehead atoms. The molecule has 13 heteroatoms. The number of aryl methyl sites for hydroxylation is 1. The molecule has 1 amide bonds. The van der Waals surface area contributed by atoms with Crippen molar-refractivity contribution in [2.75, 3.05) is 13.2 Å². The second-order valence-corrected chi connectivity index (χ2v) is 9.02. The van der Waals surface area contributed by atoms with Crippen molar-refractivity contribution < 1.29 is 32.5 Å². The van der Waals surface area contributed by atoms with Crippen LogP contribution in [0.1, 0.15) is 61.9 Å². The zero-order valence-electron chi connectivity index (χ0n) is 22.9. The van der Waals surface area contributed by atoms with Crippen LogP contribution in [0.5, 0.6) is 5.75 Å². The van der Waals surface area contributed by atoms with Gasteiger partial charge in [0.2, 0.25) is 17.5 Å². The molecule has 216 valence electrons. The number of hydrogen-bond donors (Lipinski definition) is 2. The van der Waals surface area contributed by atoms with E-state index in [1.807, 2.05) is 26.0 Å². The highest BCUT2D eigenvalue weighted by molar-refractivity contribution is 5.95. The fourth-order valence-corrected chi connectivity index (χ4v) is 3.77. The van der Waals surface area contributed by atoms with Crippen LogP contribution in [0.2, 0.25) is 0 Å². The van der Waals surface area contributed by atoms with E-state index >= 15 is 0 Å². The summed E-state index contributed by atoms with van der Waals surface area (Å²) < 4.78 is 36.5. The van der Waals surface area contributed by atoms with Gasteiger partial charge < -0.3 is 29.6 Å². The topological polar surface area (TPSA) is 168 Å². The van der Waals surface area contributed by atoms with E-state index in [1.54, 1.807) is 19.1 Å². The number of aromatic nitrogens is 4. The van der Waals surface area contributed by atoms with E-state index in [0.717, 1.165) is 11.6 Å². The Hall–Kier alpha value is -4.65. The van der Waals surface area contributed by atoms with E-state index in [-0.39, 0.29) is 30.4 Å². The number of ether oxygens (including phenoxy) is 2. The summed E-state index contributed by atoms with van der Waals surface area (Å²) in [4.78, 5) is 32.6. The molecule has 41 heavy (non-hydrogen) atoms. The number of carbonyl (C=O) groups excluding carboxylic acids is 2. The summed E-state index contributed by atoms with van der Waals surface area (Å²) >= 11 is 0. The molecule has 0 aliphatic heterocycles. The van der Waals surface area contributed by atoms with E-state index in [0.29, 0.717) is 42.3 Å². The number of carbonyl (C=O) groups is 2. The number of amides is 1. The second-order valence-electron chi connectivity index (χ2n) is 9.02. The van der Waals surface area contributed by atoms with Crippen LogP contribution in [-0.2, 0) is 16.0 Å². The largest absolute Gasteiger partial charge is 0.481 e. The number of nitrogens with two attached hydrogens (primary N) is 1. The Balaban J connectivity index is 1.41. The third kappa shape index (κ3) is 7.31. The molecule has 1 unspecified atom stereocenters. The van der Waals surface area contributed by atoms with Crippen molar-refractivity contribution in [1.82, 2.24) is 25.6 Å². The summed E-state index contributed by atoms with van der Waals surface area (Å²) in [5.74, 6) is -0.00775. The summed E-state index contributed by atoms with van der Waals surface area (Å²) in [6, 6.07) is 10.7. The van der Waals surface area contributed by atoms with Gasteiger partial charge in [0.05, 0.1) is 18.2 Å². The quantitative estimate of drug-likeness (QED) is 0.224. The van der Waals surface area contributed by atoms with Gasteiger partial charge in [0.25, 0.3) is 11.8 Å². The SMILES string of the molecule is CCc1nc(-c2ccc(OC(CC)c3nc(-c4ccc(C(=O)N[C@@H](CC)COC(=O)CN)c(F)c4)no3)cc2)no1. The van der Waals surface area contributed by atoms with E-state index in [9.17, 15) is 14.0 Å². The van der Waals surface area contributed by atoms with E-state index < -0.39 is 29.8 Å². The normalized spacial score (nSPS) is 12.5. The average molecular weight is 567 g/mol. The van der Waals surface area contributed by atoms with Crippen LogP contribution in [0, 0.1) is 5.82 Å². The number of rotatable bonds is 13. The number of halogens is 1. The van der Waals surface area contributed by atoms with Crippen LogP contribution in [0.15, 0.2) is 51.5 Å². The van der Waals surface area contributed by atoms with Gasteiger partial charge in [0, 0.05) is 17.5 Å². The summed E-state index contributed by atoms with van der Waals surface area (Å²) in [6.07, 6.45) is 1.10. The standard InChI is InChI=1S/C28H31FN6O6/c1-4-18(15-38-24(36)14-30)31-27(37)20-12-9-17(13-21(20)29)26-33-28(41-35-26)22(5-2)39-19-10-7-16(8-11-19)25-32-23(6-3)40-34-25/h7-13,18,22H,4-6,14-15,30H2,1-3H3,(H,31,37)/t18-,22?/m0/s1. The number of esters is 1. The maximum atomic E-state index is 14.9. The summed E-state index contributed by atoms with van der Waals surface area (Å²) in [5.41, 5.74) is 6.15. The number of hydrogen-bond acceptors (Lipinski definition) is 11. The lowest BCUT2D eigenvalue weighted by molar-refractivity contribution is -0.142. The van der Waals surface area contributed by atoms with Gasteiger partial charge in [-0.2, -0.15) is 9.97 Å². The predicted molar refractivity (Wildman–Crippen MR) is 144 cm³/mol. The molecule has 0 saturated carbocycles. The van der Waals surface area contributed by atoms with E-state index in [1.165, 1.54) is 12.1 Å². The van der Waals surface area contributed by atoms with Crippen molar-refractivity contribution in [2.24, 2.45) is 5.73 Å². The highest BCUT2D eigenvalue weighted by atomic mass is 19.1. The van der Waals surface area contributed by atoms with Crippen molar-refractivity contribution in [3.8, 4) is 28.5 Å². The highest BCUT2D eigenvalue weighted by Gasteiger charge is 2.22. The molecule has 0 spiro atoms. The molecular formula is C28H31FN6O6. The smallest absolute Gasteiger partial charge is 0.319 e. The van der Waals surface area contributed by atoms with Crippen molar-refractivity contribution in [3.05, 3.63) is 65.6 Å². The van der Waals surface area contributed by atoms with Crippen molar-refractivity contribution >= 4 is 11.9 Å². The van der Waals surface area contributed by atoms with Gasteiger partial charge in [-0.3, -0.25) is 9.59 Å². The fourth-order valence-electron chi connectivity index (χ4n) is 3.77. The minimum atomic E-state index is -0.767. The molecule has 12 nitrogen and oxygen atoms in total. The third-order valence-electron chi connectivity index (χ3n) is 6.16. The van der Waals surface area contributed by atoms with Gasteiger partial charge in [-0.25, -0.2) is 4.39 Å². The van der Waals surface area contributed by atoms with Crippen LogP contribution in [0.4, 0.5) is 4.39 Å². The second kappa shape index (κ2) is 13.6. The van der Waals surface area contributed by atoms with Crippen LogP contribution in [0.25, 0.3) is 22.8 Å². The van der Waals surface area contributed by atoms with Gasteiger partial charge >= 0.3 is 5.97 Å². The Labute approximate surface area is 235 Å². The van der Waals surface area contributed by atoms with Gasteiger partial charge in [-0.05, 0) is 49.2 Å². The lowest BCUT2D eigenvalue weighted by atomic mass is 10.1. The minimum absolute atomic E-state index is 0.0625. The Morgan fingerprint density at radius 2 is 1.68 bits per heavy atom. The van der Waals surface area contributed by atoms with Crippen molar-refractivity contribution in [3.63, 3.8) is 0 Å². The predicted octanol–water partition coefficient (Wildman–Crippen LogP) is 4.03. The number of benzene rings is 2. The van der Waals surface area contributed by atoms with Gasteiger partial charge in [0.15, 0.2) is 6.10 Å². The third-order valence-corrected chi connectivity index (χ3v) is 6.16. The molecule has 0 saturated heterocycles. The molecular weight excluding hydrogens is 535 g/mol. The summed E-state index contributed by atoms with van der Waals surface area (Å²) in [6.45, 7) is 5.31. The number of nitrogens with zero attached hydrogens (tertiary/aromatic N) is 4. The van der Waals surface area contributed by atoms with Gasteiger partial charge in [-0.1, -0.05) is 37.2 Å². The molecule has 0 radical (unpaired) electrons. The van der Waals surface area contributed by atoms with Crippen LogP contribution < -0.4 is 15.8 Å². The zero-order chi connectivity index (χ0) is 29.4. The molecule has 2 heterocycles. The molecule has 2 atom stereocenters. The minimum Gasteiger partial charge on any atom is -0.481 e. The fraction of sp³-hybridized carbons (Fsp3) is 0.357. The van der Waals surface area contributed by atoms with Crippen LogP contribution in [-0.4, -0.2) is 51.4 Å². The molecule has 0 aliphatic rings. The Kier molecular flexibility index (Phi) is 9.74. The maximum absolute atomic E-state index is 14.9. The van der Waals surface area contributed by atoms with E-state index in [2.05, 4.69) is 25.6 Å². The molecule has 0 fully saturated rings. The zero-order valence-corrected chi connectivity index (χ0v) is 22.9. The van der Waals surface area contributed by atoms with Crippen molar-refractivity contribution in [2.45, 2.75) is 52.2 Å². The summed E-state index contributed by atoms with van der Waals surface area (Å²) in [7, 11) is 0. The Morgan fingerprint density at radius 1 is 0.976 bits per heavy atom. The van der Waals surface area contributed by atoms with Crippen LogP contribution >= 0.6 is 0 Å². The first-order valence-corrected chi connectivity index (χ1v) is 13.2. The molecule has 4 rings (SSSR count). The maximum Gasteiger partial charge on any atom is 0.319 e. The highest BCUT2D eigenvalue weighted by Crippen LogP contribution is 2.28. The molecule has 2 aromatic heterocycles. The lowest BCUT2D eigenvalue weighted by Crippen LogP contribution is -2.39. The molecule has 0 aliphatic carbocycles. The van der Waals surface area contributed by atoms with Gasteiger partial charge in [-0.15, -0.1) is 0 Å². The Bertz CT molecular complexity index is 1470. The first-order valence-electron chi connectivity index (χ1n) is 13.2. The average Bonchev–Trinajstić information content (AvgIpc) is 3.68. The summed E-state index contributed by atoms with van der Waals surface area (Å²) in [5, 5.41) is 10.6. The first kappa shape index (κ1) is 29.3. The van der Waals surface area contributed by atoms with E-state index in [4.69, 9.17) is 24.3 Å².